The smallest absolute Gasteiger partial charge is 0.233 e. The Morgan fingerprint density at radius 2 is 1.92 bits per heavy atom. The fraction of sp³-hybridized carbons (Fsp3) is 0.333. The summed E-state index contributed by atoms with van der Waals surface area (Å²) < 4.78 is 0. The maximum Gasteiger partial charge on any atom is 0.233 e. The topological polar surface area (TPSA) is 42.0 Å². The highest BCUT2D eigenvalue weighted by Crippen LogP contribution is 2.36. The molecule has 2 heterocycles. The highest BCUT2D eigenvalue weighted by molar-refractivity contribution is 7.14. The van der Waals surface area contributed by atoms with Crippen molar-refractivity contribution >= 4 is 33.7 Å². The predicted octanol–water partition coefficient (Wildman–Crippen LogP) is 6.17. The summed E-state index contributed by atoms with van der Waals surface area (Å²) in [5, 5.41) is 7.67. The fourth-order valence-electron chi connectivity index (χ4n) is 3.77. The van der Waals surface area contributed by atoms with Crippen molar-refractivity contribution < 1.29 is 4.79 Å². The van der Waals surface area contributed by atoms with E-state index in [1.165, 1.54) is 47.5 Å². The molecule has 1 amide bonds. The van der Waals surface area contributed by atoms with Gasteiger partial charge in [-0.25, -0.2) is 4.98 Å². The van der Waals surface area contributed by atoms with Crippen LogP contribution < -0.4 is 5.32 Å². The number of carbonyl (C=O) groups excluding carboxylic acids is 1. The third-order valence-corrected chi connectivity index (χ3v) is 6.75. The average Bonchev–Trinajstić information content (AvgIpc) is 3.42. The molecule has 0 saturated heterocycles. The maximum absolute atomic E-state index is 13.0. The van der Waals surface area contributed by atoms with Crippen molar-refractivity contribution in [2.75, 3.05) is 5.32 Å². The van der Waals surface area contributed by atoms with E-state index in [4.69, 9.17) is 0 Å². The molecule has 1 N–H and O–H groups in total. The van der Waals surface area contributed by atoms with E-state index in [0.717, 1.165) is 12.0 Å². The van der Waals surface area contributed by atoms with Gasteiger partial charge in [-0.05, 0) is 34.9 Å². The summed E-state index contributed by atoms with van der Waals surface area (Å²) in [7, 11) is 0. The van der Waals surface area contributed by atoms with Gasteiger partial charge in [-0.15, -0.1) is 22.7 Å². The molecule has 1 saturated carbocycles. The average molecular weight is 383 g/mol. The highest BCUT2D eigenvalue weighted by Gasteiger charge is 2.27. The van der Waals surface area contributed by atoms with Crippen molar-refractivity contribution in [1.29, 1.82) is 0 Å². The quantitative estimate of drug-likeness (QED) is 0.553. The van der Waals surface area contributed by atoms with Crippen LogP contribution in [0, 0.1) is 5.92 Å². The first-order chi connectivity index (χ1) is 12.8. The predicted molar refractivity (Wildman–Crippen MR) is 110 cm³/mol. The Balaban J connectivity index is 1.55. The van der Waals surface area contributed by atoms with E-state index in [1.54, 1.807) is 17.5 Å². The van der Waals surface area contributed by atoms with Gasteiger partial charge in [0.2, 0.25) is 5.91 Å². The third kappa shape index (κ3) is 4.05. The van der Waals surface area contributed by atoms with Gasteiger partial charge in [0, 0.05) is 16.5 Å². The first-order valence-electron chi connectivity index (χ1n) is 9.14. The second-order valence-electron chi connectivity index (χ2n) is 6.86. The summed E-state index contributed by atoms with van der Waals surface area (Å²) in [6, 6.07) is 12.7. The van der Waals surface area contributed by atoms with Crippen LogP contribution in [0.4, 0.5) is 5.13 Å². The van der Waals surface area contributed by atoms with E-state index in [1.807, 2.05) is 5.38 Å². The lowest BCUT2D eigenvalue weighted by atomic mass is 9.87. The van der Waals surface area contributed by atoms with Gasteiger partial charge in [0.15, 0.2) is 5.13 Å². The van der Waals surface area contributed by atoms with Crippen molar-refractivity contribution in [1.82, 2.24) is 4.98 Å². The molecule has 134 valence electrons. The first kappa shape index (κ1) is 17.4. The number of benzene rings is 1. The summed E-state index contributed by atoms with van der Waals surface area (Å²) in [5.41, 5.74) is 2.31. The lowest BCUT2D eigenvalue weighted by Crippen LogP contribution is -2.23. The molecule has 26 heavy (non-hydrogen) atoms. The number of amides is 1. The molecule has 1 unspecified atom stereocenters. The molecule has 1 aromatic carbocycles. The van der Waals surface area contributed by atoms with E-state index in [2.05, 4.69) is 52.1 Å². The van der Waals surface area contributed by atoms with E-state index < -0.39 is 0 Å². The van der Waals surface area contributed by atoms with Gasteiger partial charge in [-0.2, -0.15) is 0 Å². The van der Waals surface area contributed by atoms with Gasteiger partial charge < -0.3 is 5.32 Å². The SMILES string of the molecule is O=C(Nc1nccs1)C(CC1CCCC1)c1ccc(-c2cccs2)cc1. The molecule has 1 aliphatic carbocycles. The van der Waals surface area contributed by atoms with Crippen LogP contribution in [-0.4, -0.2) is 10.9 Å². The molecule has 0 spiro atoms. The summed E-state index contributed by atoms with van der Waals surface area (Å²) >= 11 is 3.20. The molecule has 0 bridgehead atoms. The molecule has 3 nitrogen and oxygen atoms in total. The number of rotatable bonds is 6. The monoisotopic (exact) mass is 382 g/mol. The molecular weight excluding hydrogens is 360 g/mol. The Kier molecular flexibility index (Phi) is 5.46. The number of anilines is 1. The van der Waals surface area contributed by atoms with E-state index in [-0.39, 0.29) is 11.8 Å². The van der Waals surface area contributed by atoms with Gasteiger partial charge in [0.1, 0.15) is 0 Å². The van der Waals surface area contributed by atoms with Crippen molar-refractivity contribution in [3.8, 4) is 10.4 Å². The third-order valence-electron chi connectivity index (χ3n) is 5.14. The zero-order valence-electron chi connectivity index (χ0n) is 14.6. The molecule has 1 atom stereocenters. The van der Waals surface area contributed by atoms with Crippen LogP contribution in [0.3, 0.4) is 0 Å². The fourth-order valence-corrected chi connectivity index (χ4v) is 5.04. The summed E-state index contributed by atoms with van der Waals surface area (Å²) in [6.45, 7) is 0. The number of nitrogens with zero attached hydrogens (tertiary/aromatic N) is 1. The van der Waals surface area contributed by atoms with Gasteiger partial charge in [0.05, 0.1) is 5.92 Å². The van der Waals surface area contributed by atoms with E-state index in [0.29, 0.717) is 11.0 Å². The van der Waals surface area contributed by atoms with Crippen LogP contribution in [0.5, 0.6) is 0 Å². The maximum atomic E-state index is 13.0. The van der Waals surface area contributed by atoms with Crippen LogP contribution >= 0.6 is 22.7 Å². The lowest BCUT2D eigenvalue weighted by molar-refractivity contribution is -0.118. The minimum atomic E-state index is -0.112. The second-order valence-corrected chi connectivity index (χ2v) is 8.71. The van der Waals surface area contributed by atoms with Gasteiger partial charge in [-0.3, -0.25) is 4.79 Å². The molecule has 1 fully saturated rings. The van der Waals surface area contributed by atoms with Crippen molar-refractivity contribution in [2.24, 2.45) is 5.92 Å². The minimum Gasteiger partial charge on any atom is -0.301 e. The van der Waals surface area contributed by atoms with Crippen LogP contribution in [0.25, 0.3) is 10.4 Å². The number of thiophene rings is 1. The Labute approximate surface area is 162 Å². The van der Waals surface area contributed by atoms with Crippen LogP contribution in [0.15, 0.2) is 53.4 Å². The number of aromatic nitrogens is 1. The Bertz CT molecular complexity index is 820. The van der Waals surface area contributed by atoms with E-state index >= 15 is 0 Å². The normalized spacial score (nSPS) is 15.8. The Hall–Kier alpha value is -1.98. The standard InChI is InChI=1S/C21H22N2OS2/c24-20(23-21-22-11-13-26-21)18(14-15-4-1-2-5-15)16-7-9-17(10-8-16)19-6-3-12-25-19/h3,6-13,15,18H,1-2,4-5,14H2,(H,22,23,24). The van der Waals surface area contributed by atoms with Crippen molar-refractivity contribution in [2.45, 2.75) is 38.0 Å². The van der Waals surface area contributed by atoms with Gasteiger partial charge in [0.25, 0.3) is 0 Å². The summed E-state index contributed by atoms with van der Waals surface area (Å²) in [4.78, 5) is 18.4. The number of carbonyl (C=O) groups is 1. The molecule has 1 aliphatic rings. The second kappa shape index (κ2) is 8.14. The van der Waals surface area contributed by atoms with Crippen molar-refractivity contribution in [3.63, 3.8) is 0 Å². The van der Waals surface area contributed by atoms with Crippen LogP contribution in [0.2, 0.25) is 0 Å². The molecule has 5 heteroatoms. The summed E-state index contributed by atoms with van der Waals surface area (Å²) in [5.74, 6) is 0.606. The molecule has 2 aromatic heterocycles. The zero-order valence-corrected chi connectivity index (χ0v) is 16.2. The highest BCUT2D eigenvalue weighted by atomic mass is 32.1. The zero-order chi connectivity index (χ0) is 17.8. The van der Waals surface area contributed by atoms with Crippen LogP contribution in [0.1, 0.15) is 43.6 Å². The lowest BCUT2D eigenvalue weighted by Gasteiger charge is -2.20. The molecule has 3 aromatic rings. The van der Waals surface area contributed by atoms with Crippen molar-refractivity contribution in [3.05, 3.63) is 58.9 Å². The first-order valence-corrected chi connectivity index (χ1v) is 10.9. The largest absolute Gasteiger partial charge is 0.301 e. The Morgan fingerprint density at radius 1 is 1.12 bits per heavy atom. The molecule has 0 radical (unpaired) electrons. The number of hydrogen-bond acceptors (Lipinski definition) is 4. The number of hydrogen-bond donors (Lipinski definition) is 1. The summed E-state index contributed by atoms with van der Waals surface area (Å²) in [6.07, 6.45) is 7.73. The van der Waals surface area contributed by atoms with Gasteiger partial charge >= 0.3 is 0 Å². The Morgan fingerprint density at radius 3 is 2.58 bits per heavy atom. The molecule has 4 rings (SSSR count). The molecule has 0 aliphatic heterocycles. The number of thiazole rings is 1. The van der Waals surface area contributed by atoms with Gasteiger partial charge in [-0.1, -0.05) is 56.0 Å². The molecular formula is C21H22N2OS2. The number of nitrogens with one attached hydrogen (secondary N) is 1. The van der Waals surface area contributed by atoms with E-state index in [9.17, 15) is 4.79 Å². The minimum absolute atomic E-state index is 0.0655. The van der Waals surface area contributed by atoms with Crippen LogP contribution in [-0.2, 0) is 4.79 Å².